The largest absolute Gasteiger partial charge is 0.508 e. The van der Waals surface area contributed by atoms with Crippen LogP contribution >= 0.6 is 0 Å². The zero-order chi connectivity index (χ0) is 15.0. The third-order valence-corrected chi connectivity index (χ3v) is 3.36. The first-order valence-corrected chi connectivity index (χ1v) is 6.71. The number of rotatable bonds is 2. The highest BCUT2D eigenvalue weighted by molar-refractivity contribution is 5.54. The molecule has 5 heteroatoms. The molecule has 0 spiro atoms. The summed E-state index contributed by atoms with van der Waals surface area (Å²) >= 11 is 0. The zero-order valence-electron chi connectivity index (χ0n) is 12.2. The summed E-state index contributed by atoms with van der Waals surface area (Å²) in [6, 6.07) is 9.04. The number of aromatic hydroxyl groups is 1. The average molecular weight is 280 g/mol. The zero-order valence-corrected chi connectivity index (χ0v) is 12.2. The maximum Gasteiger partial charge on any atom is 0.182 e. The van der Waals surface area contributed by atoms with Crippen molar-refractivity contribution in [3.05, 3.63) is 53.3 Å². The molecule has 3 aromatic rings. The Morgan fingerprint density at radius 2 is 1.86 bits per heavy atom. The molecule has 21 heavy (non-hydrogen) atoms. The second kappa shape index (κ2) is 5.01. The van der Waals surface area contributed by atoms with E-state index < -0.39 is 0 Å². The minimum atomic E-state index is 0.230. The molecule has 0 unspecified atom stereocenters. The van der Waals surface area contributed by atoms with Crippen molar-refractivity contribution >= 4 is 17.2 Å². The van der Waals surface area contributed by atoms with E-state index in [1.54, 1.807) is 18.2 Å². The number of imidazole rings is 1. The van der Waals surface area contributed by atoms with E-state index >= 15 is 0 Å². The molecule has 0 saturated carbocycles. The van der Waals surface area contributed by atoms with Crippen LogP contribution in [-0.2, 0) is 0 Å². The highest BCUT2D eigenvalue weighted by Gasteiger charge is 2.08. The molecule has 0 aliphatic heterocycles. The Morgan fingerprint density at radius 1 is 1.05 bits per heavy atom. The van der Waals surface area contributed by atoms with Gasteiger partial charge in [-0.2, -0.15) is 0 Å². The molecule has 0 amide bonds. The van der Waals surface area contributed by atoms with E-state index in [1.807, 2.05) is 43.5 Å². The molecule has 2 heterocycles. The number of nitrogens with zero attached hydrogens (tertiary/aromatic N) is 4. The Morgan fingerprint density at radius 3 is 2.62 bits per heavy atom. The van der Waals surface area contributed by atoms with Crippen molar-refractivity contribution in [2.24, 2.45) is 10.2 Å². The Kier molecular flexibility index (Phi) is 3.17. The van der Waals surface area contributed by atoms with E-state index in [2.05, 4.69) is 15.2 Å². The number of fused-ring (bicyclic) bond motifs is 1. The number of azo groups is 1. The van der Waals surface area contributed by atoms with Gasteiger partial charge >= 0.3 is 0 Å². The number of phenolic OH excluding ortho intramolecular Hbond substituents is 1. The standard InChI is InChI=1S/C16H16N4O/c1-10-6-7-20-15(8-10)17-12(3)16(20)19-18-14-5-4-13(21)9-11(14)2/h4-9,21H,1-3H3. The summed E-state index contributed by atoms with van der Waals surface area (Å²) in [5, 5.41) is 18.0. The van der Waals surface area contributed by atoms with Crippen molar-refractivity contribution in [1.82, 2.24) is 9.38 Å². The van der Waals surface area contributed by atoms with Crippen LogP contribution in [0, 0.1) is 20.8 Å². The van der Waals surface area contributed by atoms with E-state index in [0.717, 1.165) is 34.0 Å². The quantitative estimate of drug-likeness (QED) is 0.708. The second-order valence-electron chi connectivity index (χ2n) is 5.12. The molecular weight excluding hydrogens is 264 g/mol. The normalized spacial score (nSPS) is 11.6. The van der Waals surface area contributed by atoms with Gasteiger partial charge in [0.2, 0.25) is 0 Å². The number of hydrogen-bond acceptors (Lipinski definition) is 4. The molecule has 0 saturated heterocycles. The monoisotopic (exact) mass is 280 g/mol. The molecule has 1 N–H and O–H groups in total. The summed E-state index contributed by atoms with van der Waals surface area (Å²) in [7, 11) is 0. The predicted molar refractivity (Wildman–Crippen MR) is 81.7 cm³/mol. The molecule has 0 atom stereocenters. The number of aromatic nitrogens is 2. The molecule has 3 rings (SSSR count). The van der Waals surface area contributed by atoms with Crippen molar-refractivity contribution in [2.75, 3.05) is 0 Å². The van der Waals surface area contributed by atoms with Gasteiger partial charge in [0.25, 0.3) is 0 Å². The van der Waals surface area contributed by atoms with Gasteiger partial charge < -0.3 is 5.11 Å². The first kappa shape index (κ1) is 13.3. The number of aryl methyl sites for hydroxylation is 3. The molecule has 0 aliphatic rings. The molecule has 0 radical (unpaired) electrons. The van der Waals surface area contributed by atoms with Crippen LogP contribution in [0.25, 0.3) is 5.65 Å². The van der Waals surface area contributed by atoms with Crippen LogP contribution in [0.1, 0.15) is 16.8 Å². The lowest BCUT2D eigenvalue weighted by molar-refractivity contribution is 0.475. The van der Waals surface area contributed by atoms with E-state index in [-0.39, 0.29) is 5.75 Å². The minimum absolute atomic E-state index is 0.230. The van der Waals surface area contributed by atoms with Gasteiger partial charge in [-0.3, -0.25) is 4.40 Å². The molecule has 5 nitrogen and oxygen atoms in total. The van der Waals surface area contributed by atoms with Crippen LogP contribution in [0.4, 0.5) is 11.5 Å². The fourth-order valence-corrected chi connectivity index (χ4v) is 2.22. The van der Waals surface area contributed by atoms with Crippen molar-refractivity contribution in [3.63, 3.8) is 0 Å². The highest BCUT2D eigenvalue weighted by atomic mass is 16.3. The first-order chi connectivity index (χ1) is 10.0. The fourth-order valence-electron chi connectivity index (χ4n) is 2.22. The molecule has 2 aromatic heterocycles. The lowest BCUT2D eigenvalue weighted by Gasteiger charge is -2.00. The minimum Gasteiger partial charge on any atom is -0.508 e. The van der Waals surface area contributed by atoms with Gasteiger partial charge in [0.1, 0.15) is 11.4 Å². The number of hydrogen-bond donors (Lipinski definition) is 1. The third-order valence-electron chi connectivity index (χ3n) is 3.36. The van der Waals surface area contributed by atoms with Crippen molar-refractivity contribution in [1.29, 1.82) is 0 Å². The molecule has 0 fully saturated rings. The van der Waals surface area contributed by atoms with Crippen LogP contribution < -0.4 is 0 Å². The summed E-state index contributed by atoms with van der Waals surface area (Å²) in [5.74, 6) is 0.949. The number of benzene rings is 1. The Hall–Kier alpha value is -2.69. The second-order valence-corrected chi connectivity index (χ2v) is 5.12. The van der Waals surface area contributed by atoms with Gasteiger partial charge in [0.05, 0.1) is 11.4 Å². The SMILES string of the molecule is Cc1ccn2c(N=Nc3ccc(O)cc3C)c(C)nc2c1. The Bertz CT molecular complexity index is 849. The smallest absolute Gasteiger partial charge is 0.182 e. The van der Waals surface area contributed by atoms with Crippen LogP contribution in [0.2, 0.25) is 0 Å². The number of phenols is 1. The summed E-state index contributed by atoms with van der Waals surface area (Å²) in [6.07, 6.45) is 1.95. The van der Waals surface area contributed by atoms with Crippen molar-refractivity contribution in [3.8, 4) is 5.75 Å². The number of pyridine rings is 1. The van der Waals surface area contributed by atoms with E-state index in [4.69, 9.17) is 0 Å². The lowest BCUT2D eigenvalue weighted by atomic mass is 10.2. The fraction of sp³-hybridized carbons (Fsp3) is 0.188. The van der Waals surface area contributed by atoms with Gasteiger partial charge in [-0.25, -0.2) is 4.98 Å². The van der Waals surface area contributed by atoms with E-state index in [9.17, 15) is 5.11 Å². The van der Waals surface area contributed by atoms with Gasteiger partial charge in [-0.1, -0.05) is 0 Å². The van der Waals surface area contributed by atoms with Crippen LogP contribution in [0.15, 0.2) is 46.8 Å². The van der Waals surface area contributed by atoms with Gasteiger partial charge in [-0.15, -0.1) is 10.2 Å². The van der Waals surface area contributed by atoms with Crippen molar-refractivity contribution in [2.45, 2.75) is 20.8 Å². The molecular formula is C16H16N4O. The van der Waals surface area contributed by atoms with E-state index in [0.29, 0.717) is 0 Å². The summed E-state index contributed by atoms with van der Waals surface area (Å²) < 4.78 is 1.92. The lowest BCUT2D eigenvalue weighted by Crippen LogP contribution is -1.84. The topological polar surface area (TPSA) is 62.2 Å². The summed E-state index contributed by atoms with van der Waals surface area (Å²) in [4.78, 5) is 4.49. The van der Waals surface area contributed by atoms with Crippen molar-refractivity contribution < 1.29 is 5.11 Å². The maximum absolute atomic E-state index is 9.41. The maximum atomic E-state index is 9.41. The van der Waals surface area contributed by atoms with Gasteiger partial charge in [0, 0.05) is 6.20 Å². The van der Waals surface area contributed by atoms with Gasteiger partial charge in [-0.05, 0) is 62.2 Å². The van der Waals surface area contributed by atoms with Gasteiger partial charge in [0.15, 0.2) is 5.82 Å². The highest BCUT2D eigenvalue weighted by Crippen LogP contribution is 2.27. The predicted octanol–water partition coefficient (Wildman–Crippen LogP) is 4.38. The third kappa shape index (κ3) is 2.50. The Balaban J connectivity index is 2.05. The average Bonchev–Trinajstić information content (AvgIpc) is 2.72. The van der Waals surface area contributed by atoms with Crippen LogP contribution in [-0.4, -0.2) is 14.5 Å². The summed E-state index contributed by atoms with van der Waals surface area (Å²) in [6.45, 7) is 5.84. The van der Waals surface area contributed by atoms with Crippen LogP contribution in [0.5, 0.6) is 5.75 Å². The summed E-state index contributed by atoms with van der Waals surface area (Å²) in [5.41, 5.74) is 4.46. The molecule has 0 bridgehead atoms. The molecule has 106 valence electrons. The first-order valence-electron chi connectivity index (χ1n) is 6.71. The molecule has 0 aliphatic carbocycles. The molecule has 1 aromatic carbocycles. The van der Waals surface area contributed by atoms with E-state index in [1.165, 1.54) is 0 Å². The van der Waals surface area contributed by atoms with Crippen LogP contribution in [0.3, 0.4) is 0 Å². The Labute approximate surface area is 122 Å².